The van der Waals surface area contributed by atoms with E-state index in [-0.39, 0.29) is 11.8 Å². The normalized spacial score (nSPS) is 17.6. The molecule has 6 nitrogen and oxygen atoms in total. The van der Waals surface area contributed by atoms with Crippen LogP contribution >= 0.6 is 0 Å². The zero-order valence-corrected chi connectivity index (χ0v) is 14.1. The lowest BCUT2D eigenvalue weighted by Crippen LogP contribution is -2.46. The van der Waals surface area contributed by atoms with Crippen molar-refractivity contribution in [3.05, 3.63) is 53.7 Å². The van der Waals surface area contributed by atoms with Gasteiger partial charge in [0.25, 0.3) is 0 Å². The Labute approximate surface area is 142 Å². The molecule has 0 radical (unpaired) electrons. The minimum absolute atomic E-state index is 0.145. The van der Waals surface area contributed by atoms with Crippen LogP contribution in [0.3, 0.4) is 0 Å². The maximum Gasteiger partial charge on any atom is 0.373 e. The average molecular weight is 329 g/mol. The van der Waals surface area contributed by atoms with Crippen LogP contribution in [0.2, 0.25) is 0 Å². The summed E-state index contributed by atoms with van der Waals surface area (Å²) >= 11 is 0. The first kappa shape index (κ1) is 16.7. The molecule has 0 N–H and O–H groups in total. The van der Waals surface area contributed by atoms with E-state index in [0.717, 1.165) is 38.5 Å². The third-order valence-corrected chi connectivity index (χ3v) is 4.54. The largest absolute Gasteiger partial charge is 0.463 e. The fourth-order valence-electron chi connectivity index (χ4n) is 3.02. The number of nitrogens with zero attached hydrogens (tertiary/aromatic N) is 3. The molecule has 128 valence electrons. The lowest BCUT2D eigenvalue weighted by Gasteiger charge is -2.37. The SMILES string of the molecule is COC(=O)c1ccc([C@@H](C)N2CCN(Cc3ccncc3)CC2)o1. The van der Waals surface area contributed by atoms with Crippen molar-refractivity contribution in [2.24, 2.45) is 0 Å². The second kappa shape index (κ2) is 7.59. The fourth-order valence-corrected chi connectivity index (χ4v) is 3.02. The Balaban J connectivity index is 1.54. The summed E-state index contributed by atoms with van der Waals surface area (Å²) in [5.74, 6) is 0.629. The van der Waals surface area contributed by atoms with Crippen LogP contribution in [-0.4, -0.2) is 54.0 Å². The van der Waals surface area contributed by atoms with Gasteiger partial charge in [0.05, 0.1) is 13.2 Å². The average Bonchev–Trinajstić information content (AvgIpc) is 3.12. The molecule has 0 saturated carbocycles. The van der Waals surface area contributed by atoms with Crippen molar-refractivity contribution in [1.82, 2.24) is 14.8 Å². The number of esters is 1. The van der Waals surface area contributed by atoms with E-state index < -0.39 is 5.97 Å². The molecule has 0 amide bonds. The molecule has 3 heterocycles. The van der Waals surface area contributed by atoms with E-state index in [4.69, 9.17) is 4.42 Å². The second-order valence-corrected chi connectivity index (χ2v) is 6.04. The molecule has 0 aromatic carbocycles. The minimum atomic E-state index is -0.435. The zero-order chi connectivity index (χ0) is 16.9. The van der Waals surface area contributed by atoms with Crippen molar-refractivity contribution in [3.63, 3.8) is 0 Å². The zero-order valence-electron chi connectivity index (χ0n) is 14.1. The molecular weight excluding hydrogens is 306 g/mol. The van der Waals surface area contributed by atoms with Gasteiger partial charge in [-0.2, -0.15) is 0 Å². The minimum Gasteiger partial charge on any atom is -0.463 e. The van der Waals surface area contributed by atoms with Gasteiger partial charge in [-0.1, -0.05) is 0 Å². The number of rotatable bonds is 5. The van der Waals surface area contributed by atoms with E-state index in [2.05, 4.69) is 38.6 Å². The molecule has 0 spiro atoms. The molecule has 3 rings (SSSR count). The summed E-state index contributed by atoms with van der Waals surface area (Å²) in [7, 11) is 1.36. The van der Waals surface area contributed by atoms with Gasteiger partial charge in [-0.25, -0.2) is 4.79 Å². The number of methoxy groups -OCH3 is 1. The third-order valence-electron chi connectivity index (χ3n) is 4.54. The van der Waals surface area contributed by atoms with Crippen molar-refractivity contribution in [2.45, 2.75) is 19.5 Å². The standard InChI is InChI=1S/C18H23N3O3/c1-14(16-3-4-17(24-16)18(22)23-2)21-11-9-20(10-12-21)13-15-5-7-19-8-6-15/h3-8,14H,9-13H2,1-2H3/t14-/m1/s1. The maximum atomic E-state index is 11.5. The van der Waals surface area contributed by atoms with Gasteiger partial charge in [-0.15, -0.1) is 0 Å². The first-order chi connectivity index (χ1) is 11.7. The first-order valence-corrected chi connectivity index (χ1v) is 8.20. The first-order valence-electron chi connectivity index (χ1n) is 8.20. The Morgan fingerprint density at radius 3 is 2.58 bits per heavy atom. The summed E-state index contributed by atoms with van der Waals surface area (Å²) in [5, 5.41) is 0. The van der Waals surface area contributed by atoms with E-state index in [1.165, 1.54) is 12.7 Å². The number of hydrogen-bond donors (Lipinski definition) is 0. The predicted molar refractivity (Wildman–Crippen MR) is 89.5 cm³/mol. The van der Waals surface area contributed by atoms with Gasteiger partial charge in [-0.05, 0) is 36.8 Å². The van der Waals surface area contributed by atoms with Gasteiger partial charge in [0, 0.05) is 45.1 Å². The Hall–Kier alpha value is -2.18. The molecule has 1 aliphatic rings. The van der Waals surface area contributed by atoms with E-state index in [1.807, 2.05) is 18.5 Å². The quantitative estimate of drug-likeness (QED) is 0.785. The molecule has 24 heavy (non-hydrogen) atoms. The van der Waals surface area contributed by atoms with Crippen molar-refractivity contribution >= 4 is 5.97 Å². The number of ether oxygens (including phenoxy) is 1. The molecular formula is C18H23N3O3. The van der Waals surface area contributed by atoms with Crippen LogP contribution in [0.25, 0.3) is 0 Å². The lowest BCUT2D eigenvalue weighted by molar-refractivity contribution is 0.0552. The third kappa shape index (κ3) is 3.83. The van der Waals surface area contributed by atoms with Gasteiger partial charge in [0.1, 0.15) is 5.76 Å². The highest BCUT2D eigenvalue weighted by Crippen LogP contribution is 2.24. The molecule has 1 aliphatic heterocycles. The maximum absolute atomic E-state index is 11.5. The van der Waals surface area contributed by atoms with Crippen LogP contribution in [0.15, 0.2) is 41.1 Å². The van der Waals surface area contributed by atoms with Gasteiger partial charge in [-0.3, -0.25) is 14.8 Å². The summed E-state index contributed by atoms with van der Waals surface area (Å²) in [6.07, 6.45) is 3.67. The Morgan fingerprint density at radius 2 is 1.92 bits per heavy atom. The molecule has 0 unspecified atom stereocenters. The summed E-state index contributed by atoms with van der Waals surface area (Å²) in [6.45, 7) is 7.03. The van der Waals surface area contributed by atoms with E-state index in [0.29, 0.717) is 0 Å². The highest BCUT2D eigenvalue weighted by molar-refractivity contribution is 5.86. The number of piperazine rings is 1. The van der Waals surface area contributed by atoms with Crippen molar-refractivity contribution in [1.29, 1.82) is 0 Å². The van der Waals surface area contributed by atoms with Crippen molar-refractivity contribution in [3.8, 4) is 0 Å². The van der Waals surface area contributed by atoms with Crippen molar-refractivity contribution in [2.75, 3.05) is 33.3 Å². The number of aromatic nitrogens is 1. The van der Waals surface area contributed by atoms with Crippen LogP contribution in [0, 0.1) is 0 Å². The second-order valence-electron chi connectivity index (χ2n) is 6.04. The van der Waals surface area contributed by atoms with Gasteiger partial charge >= 0.3 is 5.97 Å². The smallest absolute Gasteiger partial charge is 0.373 e. The molecule has 0 aliphatic carbocycles. The van der Waals surface area contributed by atoms with Crippen LogP contribution in [0.1, 0.15) is 34.8 Å². The van der Waals surface area contributed by atoms with Gasteiger partial charge in [0.2, 0.25) is 5.76 Å². The molecule has 0 bridgehead atoms. The molecule has 1 atom stereocenters. The summed E-state index contributed by atoms with van der Waals surface area (Å²) < 4.78 is 10.3. The summed E-state index contributed by atoms with van der Waals surface area (Å²) in [4.78, 5) is 20.4. The van der Waals surface area contributed by atoms with E-state index in [1.54, 1.807) is 6.07 Å². The Bertz CT molecular complexity index is 663. The molecule has 1 fully saturated rings. The summed E-state index contributed by atoms with van der Waals surface area (Å²) in [5.41, 5.74) is 1.29. The molecule has 1 saturated heterocycles. The van der Waals surface area contributed by atoms with Gasteiger partial charge in [0.15, 0.2) is 0 Å². The Morgan fingerprint density at radius 1 is 1.21 bits per heavy atom. The summed E-state index contributed by atoms with van der Waals surface area (Å²) in [6, 6.07) is 7.81. The van der Waals surface area contributed by atoms with E-state index in [9.17, 15) is 4.79 Å². The molecule has 2 aromatic heterocycles. The van der Waals surface area contributed by atoms with Crippen LogP contribution < -0.4 is 0 Å². The van der Waals surface area contributed by atoms with Crippen LogP contribution in [0.4, 0.5) is 0 Å². The predicted octanol–water partition coefficient (Wildman–Crippen LogP) is 2.34. The van der Waals surface area contributed by atoms with E-state index >= 15 is 0 Å². The lowest BCUT2D eigenvalue weighted by atomic mass is 10.1. The topological polar surface area (TPSA) is 58.8 Å². The van der Waals surface area contributed by atoms with Crippen LogP contribution in [-0.2, 0) is 11.3 Å². The number of carbonyl (C=O) groups is 1. The van der Waals surface area contributed by atoms with Gasteiger partial charge < -0.3 is 9.15 Å². The number of pyridine rings is 1. The Kier molecular flexibility index (Phi) is 5.27. The molecule has 6 heteroatoms. The highest BCUT2D eigenvalue weighted by atomic mass is 16.5. The highest BCUT2D eigenvalue weighted by Gasteiger charge is 2.24. The molecule has 2 aromatic rings. The number of hydrogen-bond acceptors (Lipinski definition) is 6. The fraction of sp³-hybridized carbons (Fsp3) is 0.444. The monoisotopic (exact) mass is 329 g/mol. The number of furan rings is 1. The number of carbonyl (C=O) groups excluding carboxylic acids is 1. The van der Waals surface area contributed by atoms with Crippen molar-refractivity contribution < 1.29 is 13.9 Å². The van der Waals surface area contributed by atoms with Crippen LogP contribution in [0.5, 0.6) is 0 Å².